The smallest absolute Gasteiger partial charge is 0.125 e. The van der Waals surface area contributed by atoms with Gasteiger partial charge in [0.05, 0.1) is 5.03 Å². The normalized spacial score (nSPS) is 11.6. The Balaban J connectivity index is 2.76. The van der Waals surface area contributed by atoms with Crippen molar-refractivity contribution in [3.8, 4) is 5.75 Å². The SMILES string of the molecule is NCc1cc(F)ccc1OC/C(Cl)=C/Cl. The van der Waals surface area contributed by atoms with Gasteiger partial charge in [0.15, 0.2) is 0 Å². The van der Waals surface area contributed by atoms with Crippen LogP contribution in [0.25, 0.3) is 0 Å². The third-order valence-corrected chi connectivity index (χ3v) is 2.32. The summed E-state index contributed by atoms with van der Waals surface area (Å²) < 4.78 is 18.1. The van der Waals surface area contributed by atoms with Crippen LogP contribution in [0.2, 0.25) is 0 Å². The highest BCUT2D eigenvalue weighted by atomic mass is 35.5. The Bertz CT molecular complexity index is 368. The lowest BCUT2D eigenvalue weighted by Gasteiger charge is -2.09. The van der Waals surface area contributed by atoms with Gasteiger partial charge in [-0.25, -0.2) is 4.39 Å². The number of rotatable bonds is 4. The van der Waals surface area contributed by atoms with Crippen LogP contribution in [0.15, 0.2) is 28.8 Å². The zero-order chi connectivity index (χ0) is 11.3. The van der Waals surface area contributed by atoms with Gasteiger partial charge in [-0.15, -0.1) is 0 Å². The maximum atomic E-state index is 12.8. The van der Waals surface area contributed by atoms with E-state index in [0.29, 0.717) is 16.3 Å². The summed E-state index contributed by atoms with van der Waals surface area (Å²) in [6, 6.07) is 4.14. The lowest BCUT2D eigenvalue weighted by Crippen LogP contribution is -2.04. The fraction of sp³-hybridized carbons (Fsp3) is 0.200. The number of ether oxygens (including phenoxy) is 1. The van der Waals surface area contributed by atoms with E-state index in [-0.39, 0.29) is 19.0 Å². The van der Waals surface area contributed by atoms with Gasteiger partial charge in [-0.1, -0.05) is 23.2 Å². The van der Waals surface area contributed by atoms with Crippen molar-refractivity contribution >= 4 is 23.2 Å². The highest BCUT2D eigenvalue weighted by Gasteiger charge is 2.04. The lowest BCUT2D eigenvalue weighted by molar-refractivity contribution is 0.354. The van der Waals surface area contributed by atoms with Crippen molar-refractivity contribution in [1.82, 2.24) is 0 Å². The van der Waals surface area contributed by atoms with E-state index in [1.807, 2.05) is 0 Å². The molecule has 0 aliphatic heterocycles. The molecule has 5 heteroatoms. The van der Waals surface area contributed by atoms with Crippen LogP contribution in [-0.4, -0.2) is 6.61 Å². The summed E-state index contributed by atoms with van der Waals surface area (Å²) in [5, 5.41) is 0.365. The molecule has 0 radical (unpaired) electrons. The minimum absolute atomic E-state index is 0.143. The Kier molecular flexibility index (Phi) is 4.88. The van der Waals surface area contributed by atoms with Crippen LogP contribution in [0.3, 0.4) is 0 Å². The number of hydrogen-bond donors (Lipinski definition) is 1. The first-order valence-electron chi connectivity index (χ1n) is 4.23. The van der Waals surface area contributed by atoms with E-state index in [0.717, 1.165) is 0 Å². The quantitative estimate of drug-likeness (QED) is 0.891. The maximum absolute atomic E-state index is 12.8. The van der Waals surface area contributed by atoms with Gasteiger partial charge >= 0.3 is 0 Å². The summed E-state index contributed by atoms with van der Waals surface area (Å²) in [4.78, 5) is 0. The van der Waals surface area contributed by atoms with Crippen LogP contribution in [0, 0.1) is 5.82 Å². The molecule has 15 heavy (non-hydrogen) atoms. The van der Waals surface area contributed by atoms with Gasteiger partial charge in [0.2, 0.25) is 0 Å². The Morgan fingerprint density at radius 2 is 2.27 bits per heavy atom. The molecule has 0 aliphatic rings. The first kappa shape index (κ1) is 12.3. The fourth-order valence-electron chi connectivity index (χ4n) is 1.03. The van der Waals surface area contributed by atoms with E-state index < -0.39 is 0 Å². The molecule has 0 amide bonds. The van der Waals surface area contributed by atoms with Gasteiger partial charge in [-0.05, 0) is 18.2 Å². The Morgan fingerprint density at radius 3 is 2.87 bits per heavy atom. The molecular weight excluding hydrogens is 240 g/mol. The van der Waals surface area contributed by atoms with E-state index >= 15 is 0 Å². The highest BCUT2D eigenvalue weighted by molar-refractivity contribution is 6.36. The maximum Gasteiger partial charge on any atom is 0.125 e. The summed E-state index contributed by atoms with van der Waals surface area (Å²) in [7, 11) is 0. The molecule has 1 rings (SSSR count). The first-order chi connectivity index (χ1) is 7.17. The largest absolute Gasteiger partial charge is 0.488 e. The summed E-state index contributed by atoms with van der Waals surface area (Å²) in [5.41, 5.74) is 7.25. The third-order valence-electron chi connectivity index (χ3n) is 1.73. The molecule has 0 unspecified atom stereocenters. The van der Waals surface area contributed by atoms with E-state index in [4.69, 9.17) is 33.7 Å². The van der Waals surface area contributed by atoms with Gasteiger partial charge in [0.1, 0.15) is 18.2 Å². The molecule has 0 fully saturated rings. The van der Waals surface area contributed by atoms with Crippen LogP contribution in [0.5, 0.6) is 5.75 Å². The molecule has 0 spiro atoms. The van der Waals surface area contributed by atoms with Crippen molar-refractivity contribution in [2.24, 2.45) is 5.73 Å². The van der Waals surface area contributed by atoms with Gasteiger partial charge < -0.3 is 10.5 Å². The molecule has 0 atom stereocenters. The lowest BCUT2D eigenvalue weighted by atomic mass is 10.2. The van der Waals surface area contributed by atoms with Gasteiger partial charge in [-0.3, -0.25) is 0 Å². The molecular formula is C10H10Cl2FNO. The Morgan fingerprint density at radius 1 is 1.53 bits per heavy atom. The van der Waals surface area contributed by atoms with Crippen molar-refractivity contribution in [3.63, 3.8) is 0 Å². The summed E-state index contributed by atoms with van der Waals surface area (Å²) in [5.74, 6) is 0.164. The number of halogens is 3. The highest BCUT2D eigenvalue weighted by Crippen LogP contribution is 2.20. The van der Waals surface area contributed by atoms with E-state index in [2.05, 4.69) is 0 Å². The summed E-state index contributed by atoms with van der Waals surface area (Å²) >= 11 is 11.0. The zero-order valence-corrected chi connectivity index (χ0v) is 9.35. The van der Waals surface area contributed by atoms with E-state index in [9.17, 15) is 4.39 Å². The van der Waals surface area contributed by atoms with Crippen molar-refractivity contribution in [1.29, 1.82) is 0 Å². The average molecular weight is 250 g/mol. The topological polar surface area (TPSA) is 35.2 Å². The average Bonchev–Trinajstić information content (AvgIpc) is 2.26. The molecule has 0 aliphatic carbocycles. The van der Waals surface area contributed by atoms with Crippen molar-refractivity contribution < 1.29 is 9.13 Å². The second-order valence-corrected chi connectivity index (χ2v) is 3.50. The van der Waals surface area contributed by atoms with Crippen LogP contribution in [-0.2, 0) is 6.54 Å². The standard InChI is InChI=1S/C10H10Cl2FNO/c11-4-8(12)6-15-10-2-1-9(13)3-7(10)5-14/h1-4H,5-6,14H2/b8-4-. The second-order valence-electron chi connectivity index (χ2n) is 2.80. The Hall–Kier alpha value is -0.770. The van der Waals surface area contributed by atoms with Gasteiger partial charge in [0.25, 0.3) is 0 Å². The number of hydrogen-bond acceptors (Lipinski definition) is 2. The fourth-order valence-corrected chi connectivity index (χ4v) is 1.14. The van der Waals surface area contributed by atoms with Gasteiger partial charge in [0, 0.05) is 17.6 Å². The summed E-state index contributed by atoms with van der Waals surface area (Å²) in [6.07, 6.45) is 0. The molecule has 0 saturated heterocycles. The van der Waals surface area contributed by atoms with Crippen molar-refractivity contribution in [3.05, 3.63) is 40.1 Å². The van der Waals surface area contributed by atoms with E-state index in [1.54, 1.807) is 0 Å². The molecule has 1 aromatic carbocycles. The minimum Gasteiger partial charge on any atom is -0.488 e. The van der Waals surface area contributed by atoms with Crippen molar-refractivity contribution in [2.75, 3.05) is 6.61 Å². The predicted octanol–water partition coefficient (Wildman–Crippen LogP) is 2.98. The Labute approximate surface area is 97.4 Å². The number of nitrogens with two attached hydrogens (primary N) is 1. The minimum atomic E-state index is -0.346. The molecule has 2 N–H and O–H groups in total. The molecule has 0 bridgehead atoms. The molecule has 0 aromatic heterocycles. The molecule has 2 nitrogen and oxygen atoms in total. The second kappa shape index (κ2) is 5.95. The van der Waals surface area contributed by atoms with Crippen LogP contribution in [0.4, 0.5) is 4.39 Å². The summed E-state index contributed by atoms with van der Waals surface area (Å²) in [6.45, 7) is 0.346. The van der Waals surface area contributed by atoms with Crippen LogP contribution < -0.4 is 10.5 Å². The van der Waals surface area contributed by atoms with Crippen LogP contribution >= 0.6 is 23.2 Å². The van der Waals surface area contributed by atoms with Crippen LogP contribution in [0.1, 0.15) is 5.56 Å². The molecule has 1 aromatic rings. The van der Waals surface area contributed by atoms with Crippen molar-refractivity contribution in [2.45, 2.75) is 6.54 Å². The number of benzene rings is 1. The first-order valence-corrected chi connectivity index (χ1v) is 5.05. The van der Waals surface area contributed by atoms with E-state index in [1.165, 1.54) is 23.7 Å². The zero-order valence-electron chi connectivity index (χ0n) is 7.84. The molecule has 0 heterocycles. The monoisotopic (exact) mass is 249 g/mol. The predicted molar refractivity (Wildman–Crippen MR) is 59.6 cm³/mol. The molecule has 0 saturated carbocycles. The third kappa shape index (κ3) is 3.70. The van der Waals surface area contributed by atoms with Gasteiger partial charge in [-0.2, -0.15) is 0 Å². The molecule has 82 valence electrons.